The van der Waals surface area contributed by atoms with E-state index >= 15 is 0 Å². The van der Waals surface area contributed by atoms with Crippen molar-refractivity contribution < 1.29 is 14.6 Å². The van der Waals surface area contributed by atoms with Crippen molar-refractivity contribution in [3.63, 3.8) is 0 Å². The maximum absolute atomic E-state index is 11.5. The van der Waals surface area contributed by atoms with Crippen LogP contribution in [0.4, 0.5) is 10.5 Å². The quantitative estimate of drug-likeness (QED) is 0.695. The third kappa shape index (κ3) is 1.69. The number of aromatic hydroxyl groups is 1. The highest BCUT2D eigenvalue weighted by atomic mass is 16.5. The molecule has 1 aromatic carbocycles. The zero-order valence-corrected chi connectivity index (χ0v) is 9.01. The number of nitrogens with zero attached hydrogens (tertiary/aromatic N) is 1. The summed E-state index contributed by atoms with van der Waals surface area (Å²) in [4.78, 5) is 13.0. The molecule has 0 fully saturated rings. The highest BCUT2D eigenvalue weighted by Gasteiger charge is 2.27. The van der Waals surface area contributed by atoms with Crippen molar-refractivity contribution in [2.75, 3.05) is 18.6 Å². The fourth-order valence-corrected chi connectivity index (χ4v) is 1.92. The van der Waals surface area contributed by atoms with Gasteiger partial charge in [-0.3, -0.25) is 4.90 Å². The third-order valence-corrected chi connectivity index (χ3v) is 2.76. The Morgan fingerprint density at radius 1 is 1.62 bits per heavy atom. The number of nitrogens with two attached hydrogens (primary N) is 1. The van der Waals surface area contributed by atoms with E-state index < -0.39 is 6.09 Å². The molecular formula is C11H14N2O3. The Kier molecular flexibility index (Phi) is 2.70. The van der Waals surface area contributed by atoms with Gasteiger partial charge in [0.15, 0.2) is 0 Å². The molecule has 1 amide bonds. The number of rotatable bonds is 0. The van der Waals surface area contributed by atoms with E-state index in [1.54, 1.807) is 12.1 Å². The van der Waals surface area contributed by atoms with Crippen molar-refractivity contribution in [1.29, 1.82) is 0 Å². The SMILES string of the molecule is COC(=O)N1CCC(N)c2ccc(O)cc21. The largest absolute Gasteiger partial charge is 0.508 e. The van der Waals surface area contributed by atoms with Crippen LogP contribution >= 0.6 is 0 Å². The second-order valence-corrected chi connectivity index (χ2v) is 3.76. The Hall–Kier alpha value is -1.75. The van der Waals surface area contributed by atoms with Gasteiger partial charge in [0.25, 0.3) is 0 Å². The number of methoxy groups -OCH3 is 1. The number of phenolic OH excluding ortho intramolecular Hbond substituents is 1. The second kappa shape index (κ2) is 4.02. The van der Waals surface area contributed by atoms with Crippen molar-refractivity contribution in [1.82, 2.24) is 0 Å². The number of hydrogen-bond donors (Lipinski definition) is 2. The van der Waals surface area contributed by atoms with Crippen molar-refractivity contribution in [3.8, 4) is 5.75 Å². The molecular weight excluding hydrogens is 208 g/mol. The molecule has 1 heterocycles. The van der Waals surface area contributed by atoms with Crippen molar-refractivity contribution in [2.24, 2.45) is 5.73 Å². The molecule has 1 aromatic rings. The molecule has 1 atom stereocenters. The van der Waals surface area contributed by atoms with E-state index in [4.69, 9.17) is 5.73 Å². The number of phenols is 1. The molecule has 16 heavy (non-hydrogen) atoms. The first-order valence-corrected chi connectivity index (χ1v) is 5.07. The Morgan fingerprint density at radius 3 is 3.06 bits per heavy atom. The molecule has 1 aliphatic rings. The molecule has 1 unspecified atom stereocenters. The first-order chi connectivity index (χ1) is 7.63. The van der Waals surface area contributed by atoms with Gasteiger partial charge in [-0.1, -0.05) is 6.07 Å². The first kappa shape index (κ1) is 10.8. The van der Waals surface area contributed by atoms with Gasteiger partial charge in [0, 0.05) is 18.7 Å². The molecule has 0 bridgehead atoms. The van der Waals surface area contributed by atoms with Gasteiger partial charge in [-0.25, -0.2) is 4.79 Å². The van der Waals surface area contributed by atoms with Crippen LogP contribution in [0.15, 0.2) is 18.2 Å². The molecule has 0 saturated heterocycles. The van der Waals surface area contributed by atoms with Crippen molar-refractivity contribution in [3.05, 3.63) is 23.8 Å². The molecule has 3 N–H and O–H groups in total. The lowest BCUT2D eigenvalue weighted by Gasteiger charge is -2.31. The Labute approximate surface area is 93.4 Å². The predicted octanol–water partition coefficient (Wildman–Crippen LogP) is 1.37. The van der Waals surface area contributed by atoms with E-state index in [0.29, 0.717) is 18.7 Å². The molecule has 2 rings (SSSR count). The van der Waals surface area contributed by atoms with E-state index in [-0.39, 0.29) is 11.8 Å². The molecule has 5 nitrogen and oxygen atoms in total. The monoisotopic (exact) mass is 222 g/mol. The summed E-state index contributed by atoms with van der Waals surface area (Å²) in [6.07, 6.45) is 0.256. The van der Waals surface area contributed by atoms with Gasteiger partial charge in [-0.05, 0) is 18.1 Å². The summed E-state index contributed by atoms with van der Waals surface area (Å²) in [5.41, 5.74) is 7.43. The second-order valence-electron chi connectivity index (χ2n) is 3.76. The molecule has 86 valence electrons. The number of hydrogen-bond acceptors (Lipinski definition) is 4. The molecule has 0 saturated carbocycles. The Bertz CT molecular complexity index is 420. The van der Waals surface area contributed by atoms with Crippen LogP contribution in [0.1, 0.15) is 18.0 Å². The first-order valence-electron chi connectivity index (χ1n) is 5.07. The van der Waals surface area contributed by atoms with E-state index in [2.05, 4.69) is 4.74 Å². The smallest absolute Gasteiger partial charge is 0.414 e. The van der Waals surface area contributed by atoms with E-state index in [0.717, 1.165) is 5.56 Å². The average Bonchev–Trinajstić information content (AvgIpc) is 2.28. The zero-order valence-electron chi connectivity index (χ0n) is 9.01. The van der Waals surface area contributed by atoms with Crippen LogP contribution in [-0.4, -0.2) is 24.9 Å². The maximum atomic E-state index is 11.5. The van der Waals surface area contributed by atoms with Crippen LogP contribution in [-0.2, 0) is 4.74 Å². The van der Waals surface area contributed by atoms with Crippen LogP contribution in [0.2, 0.25) is 0 Å². The van der Waals surface area contributed by atoms with Gasteiger partial charge in [-0.2, -0.15) is 0 Å². The Balaban J connectivity index is 2.45. The van der Waals surface area contributed by atoms with E-state index in [1.807, 2.05) is 0 Å². The minimum absolute atomic E-state index is 0.100. The third-order valence-electron chi connectivity index (χ3n) is 2.76. The summed E-state index contributed by atoms with van der Waals surface area (Å²) < 4.78 is 4.69. The average molecular weight is 222 g/mol. The van der Waals surface area contributed by atoms with Crippen molar-refractivity contribution in [2.45, 2.75) is 12.5 Å². The topological polar surface area (TPSA) is 75.8 Å². The fourth-order valence-electron chi connectivity index (χ4n) is 1.92. The predicted molar refractivity (Wildman–Crippen MR) is 59.4 cm³/mol. The maximum Gasteiger partial charge on any atom is 0.414 e. The number of carbonyl (C=O) groups is 1. The highest BCUT2D eigenvalue weighted by molar-refractivity contribution is 5.89. The zero-order chi connectivity index (χ0) is 11.7. The lowest BCUT2D eigenvalue weighted by Crippen LogP contribution is -2.38. The summed E-state index contributed by atoms with van der Waals surface area (Å²) in [5, 5.41) is 9.43. The lowest BCUT2D eigenvalue weighted by molar-refractivity contribution is 0.178. The van der Waals surface area contributed by atoms with Crippen LogP contribution < -0.4 is 10.6 Å². The molecule has 0 aromatic heterocycles. The summed E-state index contributed by atoms with van der Waals surface area (Å²) in [6.45, 7) is 0.504. The molecule has 1 aliphatic heterocycles. The number of ether oxygens (including phenoxy) is 1. The number of anilines is 1. The van der Waals surface area contributed by atoms with Crippen LogP contribution in [0.5, 0.6) is 5.75 Å². The number of benzene rings is 1. The summed E-state index contributed by atoms with van der Waals surface area (Å²) in [6, 6.07) is 4.74. The normalized spacial score (nSPS) is 19.1. The standard InChI is InChI=1S/C11H14N2O3/c1-16-11(15)13-5-4-9(12)8-3-2-7(14)6-10(8)13/h2-3,6,9,14H,4-5,12H2,1H3. The van der Waals surface area contributed by atoms with Gasteiger partial charge >= 0.3 is 6.09 Å². The lowest BCUT2D eigenvalue weighted by atomic mass is 9.97. The Morgan fingerprint density at radius 2 is 2.38 bits per heavy atom. The van der Waals surface area contributed by atoms with Gasteiger partial charge in [-0.15, -0.1) is 0 Å². The summed E-state index contributed by atoms with van der Waals surface area (Å²) in [7, 11) is 1.33. The summed E-state index contributed by atoms with van der Waals surface area (Å²) in [5.74, 6) is 0.113. The molecule has 0 radical (unpaired) electrons. The van der Waals surface area contributed by atoms with Gasteiger partial charge < -0.3 is 15.6 Å². The number of carbonyl (C=O) groups excluding carboxylic acids is 1. The number of amides is 1. The number of fused-ring (bicyclic) bond motifs is 1. The van der Waals surface area contributed by atoms with Crippen LogP contribution in [0, 0.1) is 0 Å². The van der Waals surface area contributed by atoms with Crippen LogP contribution in [0.3, 0.4) is 0 Å². The van der Waals surface area contributed by atoms with Gasteiger partial charge in [0.2, 0.25) is 0 Å². The highest BCUT2D eigenvalue weighted by Crippen LogP contribution is 2.35. The van der Waals surface area contributed by atoms with Gasteiger partial charge in [0.1, 0.15) is 5.75 Å². The van der Waals surface area contributed by atoms with Gasteiger partial charge in [0.05, 0.1) is 12.8 Å². The van der Waals surface area contributed by atoms with E-state index in [9.17, 15) is 9.90 Å². The molecule has 0 aliphatic carbocycles. The molecule has 0 spiro atoms. The minimum Gasteiger partial charge on any atom is -0.508 e. The van der Waals surface area contributed by atoms with E-state index in [1.165, 1.54) is 18.1 Å². The van der Waals surface area contributed by atoms with Crippen molar-refractivity contribution >= 4 is 11.8 Å². The minimum atomic E-state index is -0.432. The summed E-state index contributed by atoms with van der Waals surface area (Å²) >= 11 is 0. The molecule has 5 heteroatoms. The van der Waals surface area contributed by atoms with Crippen LogP contribution in [0.25, 0.3) is 0 Å². The fraction of sp³-hybridized carbons (Fsp3) is 0.364.